The second-order valence-electron chi connectivity index (χ2n) is 3.38. The third kappa shape index (κ3) is 2.38. The average Bonchev–Trinajstić information content (AvgIpc) is 2.26. The highest BCUT2D eigenvalue weighted by Gasteiger charge is 2.34. The molecule has 0 aliphatic heterocycles. The van der Waals surface area contributed by atoms with Crippen LogP contribution in [0.5, 0.6) is 0 Å². The highest BCUT2D eigenvalue weighted by Crippen LogP contribution is 2.24. The number of nitrogens with one attached hydrogen (secondary N) is 1. The third-order valence-electron chi connectivity index (χ3n) is 2.50. The molecule has 15 heavy (non-hydrogen) atoms. The van der Waals surface area contributed by atoms with Crippen molar-refractivity contribution in [3.63, 3.8) is 0 Å². The van der Waals surface area contributed by atoms with E-state index >= 15 is 0 Å². The number of methoxy groups -OCH3 is 1. The maximum Gasteiger partial charge on any atom is 0.330 e. The van der Waals surface area contributed by atoms with Crippen LogP contribution >= 0.6 is 15.9 Å². The van der Waals surface area contributed by atoms with Crippen molar-refractivity contribution in [1.29, 1.82) is 0 Å². The Morgan fingerprint density at radius 3 is 2.67 bits per heavy atom. The normalized spacial score (nSPS) is 14.4. The van der Waals surface area contributed by atoms with Gasteiger partial charge < -0.3 is 10.1 Å². The Labute approximate surface area is 97.9 Å². The average molecular weight is 272 g/mol. The van der Waals surface area contributed by atoms with Crippen LogP contribution in [0.4, 0.5) is 0 Å². The number of benzene rings is 1. The van der Waals surface area contributed by atoms with E-state index in [2.05, 4.69) is 21.2 Å². The van der Waals surface area contributed by atoms with Gasteiger partial charge in [0.2, 0.25) is 0 Å². The van der Waals surface area contributed by atoms with Gasteiger partial charge in [0.1, 0.15) is 5.54 Å². The summed E-state index contributed by atoms with van der Waals surface area (Å²) < 4.78 is 5.72. The van der Waals surface area contributed by atoms with Crippen molar-refractivity contribution in [1.82, 2.24) is 5.32 Å². The lowest BCUT2D eigenvalue weighted by atomic mass is 9.92. The van der Waals surface area contributed by atoms with Gasteiger partial charge in [-0.15, -0.1) is 0 Å². The predicted molar refractivity (Wildman–Crippen MR) is 62.6 cm³/mol. The van der Waals surface area contributed by atoms with E-state index in [1.807, 2.05) is 24.3 Å². The fourth-order valence-corrected chi connectivity index (χ4v) is 1.77. The largest absolute Gasteiger partial charge is 0.467 e. The minimum Gasteiger partial charge on any atom is -0.467 e. The van der Waals surface area contributed by atoms with E-state index in [0.29, 0.717) is 0 Å². The number of likely N-dealkylation sites (N-methyl/N-ethyl adjacent to an activating group) is 1. The quantitative estimate of drug-likeness (QED) is 0.856. The molecule has 3 nitrogen and oxygen atoms in total. The van der Waals surface area contributed by atoms with E-state index in [1.54, 1.807) is 14.0 Å². The molecule has 0 bridgehead atoms. The molecule has 0 amide bonds. The molecular weight excluding hydrogens is 258 g/mol. The molecule has 0 radical (unpaired) electrons. The van der Waals surface area contributed by atoms with Crippen LogP contribution in [0.3, 0.4) is 0 Å². The number of hydrogen-bond donors (Lipinski definition) is 1. The molecule has 0 aromatic heterocycles. The van der Waals surface area contributed by atoms with Gasteiger partial charge in [0.25, 0.3) is 0 Å². The van der Waals surface area contributed by atoms with Crippen LogP contribution in [-0.2, 0) is 15.1 Å². The standard InChI is InChI=1S/C11H14BrNO2/c1-11(13-2,10(14)15-3)8-5-4-6-9(12)7-8/h4-7,13H,1-3H3. The third-order valence-corrected chi connectivity index (χ3v) is 2.99. The van der Waals surface area contributed by atoms with Crippen molar-refractivity contribution in [3.8, 4) is 0 Å². The lowest BCUT2D eigenvalue weighted by molar-refractivity contribution is -0.148. The fraction of sp³-hybridized carbons (Fsp3) is 0.364. The second-order valence-corrected chi connectivity index (χ2v) is 4.29. The molecule has 1 N–H and O–H groups in total. The Hall–Kier alpha value is -0.870. The van der Waals surface area contributed by atoms with Crippen molar-refractivity contribution in [2.45, 2.75) is 12.5 Å². The molecule has 0 spiro atoms. The van der Waals surface area contributed by atoms with E-state index in [1.165, 1.54) is 7.11 Å². The van der Waals surface area contributed by atoms with Crippen molar-refractivity contribution in [2.24, 2.45) is 0 Å². The maximum atomic E-state index is 11.7. The lowest BCUT2D eigenvalue weighted by Gasteiger charge is -2.26. The number of rotatable bonds is 3. The number of carbonyl (C=O) groups excluding carboxylic acids is 1. The number of hydrogen-bond acceptors (Lipinski definition) is 3. The molecular formula is C11H14BrNO2. The summed E-state index contributed by atoms with van der Waals surface area (Å²) in [4.78, 5) is 11.7. The van der Waals surface area contributed by atoms with Crippen LogP contribution in [0.2, 0.25) is 0 Å². The van der Waals surface area contributed by atoms with Gasteiger partial charge in [-0.05, 0) is 31.7 Å². The molecule has 1 unspecified atom stereocenters. The Kier molecular flexibility index (Phi) is 3.88. The van der Waals surface area contributed by atoms with E-state index in [4.69, 9.17) is 4.74 Å². The van der Waals surface area contributed by atoms with Crippen LogP contribution in [0.15, 0.2) is 28.7 Å². The Morgan fingerprint density at radius 1 is 1.53 bits per heavy atom. The molecule has 1 aromatic carbocycles. The predicted octanol–water partition coefficient (Wildman–Crippen LogP) is 2.06. The SMILES string of the molecule is CNC(C)(C(=O)OC)c1cccc(Br)c1. The van der Waals surface area contributed by atoms with Gasteiger partial charge in [-0.1, -0.05) is 28.1 Å². The number of carbonyl (C=O) groups is 1. The molecule has 0 saturated heterocycles. The summed E-state index contributed by atoms with van der Waals surface area (Å²) >= 11 is 3.37. The van der Waals surface area contributed by atoms with Gasteiger partial charge in [-0.2, -0.15) is 0 Å². The lowest BCUT2D eigenvalue weighted by Crippen LogP contribution is -2.45. The Bertz CT molecular complexity index is 367. The van der Waals surface area contributed by atoms with Crippen molar-refractivity contribution < 1.29 is 9.53 Å². The summed E-state index contributed by atoms with van der Waals surface area (Å²) in [6.07, 6.45) is 0. The van der Waals surface area contributed by atoms with Gasteiger partial charge >= 0.3 is 5.97 Å². The van der Waals surface area contributed by atoms with Crippen LogP contribution in [0, 0.1) is 0 Å². The topological polar surface area (TPSA) is 38.3 Å². The zero-order valence-corrected chi connectivity index (χ0v) is 10.6. The van der Waals surface area contributed by atoms with Gasteiger partial charge in [0, 0.05) is 4.47 Å². The zero-order chi connectivity index (χ0) is 11.5. The van der Waals surface area contributed by atoms with Crippen molar-refractivity contribution >= 4 is 21.9 Å². The molecule has 0 aliphatic rings. The van der Waals surface area contributed by atoms with Crippen LogP contribution < -0.4 is 5.32 Å². The van der Waals surface area contributed by atoms with E-state index < -0.39 is 5.54 Å². The molecule has 1 atom stereocenters. The van der Waals surface area contributed by atoms with Crippen molar-refractivity contribution in [3.05, 3.63) is 34.3 Å². The highest BCUT2D eigenvalue weighted by molar-refractivity contribution is 9.10. The number of halogens is 1. The van der Waals surface area contributed by atoms with Crippen molar-refractivity contribution in [2.75, 3.05) is 14.2 Å². The molecule has 0 heterocycles. The smallest absolute Gasteiger partial charge is 0.330 e. The molecule has 0 saturated carbocycles. The maximum absolute atomic E-state index is 11.7. The molecule has 4 heteroatoms. The molecule has 0 fully saturated rings. The summed E-state index contributed by atoms with van der Waals surface area (Å²) in [5.41, 5.74) is 0.0599. The summed E-state index contributed by atoms with van der Waals surface area (Å²) in [6, 6.07) is 7.58. The molecule has 1 aromatic rings. The first-order valence-corrected chi connectivity index (χ1v) is 5.37. The summed E-state index contributed by atoms with van der Waals surface area (Å²) in [6.45, 7) is 1.79. The number of esters is 1. The van der Waals surface area contributed by atoms with Crippen LogP contribution in [0.1, 0.15) is 12.5 Å². The van der Waals surface area contributed by atoms with E-state index in [0.717, 1.165) is 10.0 Å². The molecule has 1 rings (SSSR count). The summed E-state index contributed by atoms with van der Waals surface area (Å²) in [5.74, 6) is -0.303. The molecule has 82 valence electrons. The first kappa shape index (κ1) is 12.2. The van der Waals surface area contributed by atoms with Crippen LogP contribution in [-0.4, -0.2) is 20.1 Å². The van der Waals surface area contributed by atoms with Gasteiger partial charge in [-0.25, -0.2) is 4.79 Å². The van der Waals surface area contributed by atoms with E-state index in [9.17, 15) is 4.79 Å². The van der Waals surface area contributed by atoms with Gasteiger partial charge in [0.15, 0.2) is 0 Å². The zero-order valence-electron chi connectivity index (χ0n) is 9.00. The summed E-state index contributed by atoms with van der Waals surface area (Å²) in [5, 5.41) is 2.98. The second kappa shape index (κ2) is 4.77. The minimum absolute atomic E-state index is 0.303. The summed E-state index contributed by atoms with van der Waals surface area (Å²) in [7, 11) is 3.12. The monoisotopic (exact) mass is 271 g/mol. The fourth-order valence-electron chi connectivity index (χ4n) is 1.37. The Balaban J connectivity index is 3.16. The first-order chi connectivity index (χ1) is 7.04. The van der Waals surface area contributed by atoms with Gasteiger partial charge in [-0.3, -0.25) is 0 Å². The van der Waals surface area contributed by atoms with E-state index in [-0.39, 0.29) is 5.97 Å². The minimum atomic E-state index is -0.807. The highest BCUT2D eigenvalue weighted by atomic mass is 79.9. The Morgan fingerprint density at radius 2 is 2.20 bits per heavy atom. The van der Waals surface area contributed by atoms with Crippen LogP contribution in [0.25, 0.3) is 0 Å². The van der Waals surface area contributed by atoms with Gasteiger partial charge in [0.05, 0.1) is 7.11 Å². The number of ether oxygens (including phenoxy) is 1. The molecule has 0 aliphatic carbocycles. The first-order valence-electron chi connectivity index (χ1n) is 4.58.